The molecule has 106 valence electrons. The minimum Gasteiger partial charge on any atom is -0.301 e. The van der Waals surface area contributed by atoms with Gasteiger partial charge in [0, 0.05) is 4.88 Å². The molecule has 2 fully saturated rings. The summed E-state index contributed by atoms with van der Waals surface area (Å²) in [7, 11) is 0. The van der Waals surface area contributed by atoms with E-state index >= 15 is 0 Å². The third-order valence-corrected chi connectivity index (χ3v) is 5.89. The molecule has 6 heteroatoms. The fourth-order valence-corrected chi connectivity index (χ4v) is 4.72. The van der Waals surface area contributed by atoms with Crippen molar-refractivity contribution in [2.45, 2.75) is 38.1 Å². The second-order valence-corrected chi connectivity index (χ2v) is 8.46. The second-order valence-electron chi connectivity index (χ2n) is 4.93. The number of nitrogens with zero attached hydrogens (tertiary/aromatic N) is 1. The molecule has 2 heterocycles. The Kier molecular flexibility index (Phi) is 4.63. The summed E-state index contributed by atoms with van der Waals surface area (Å²) in [6.45, 7) is 0. The predicted molar refractivity (Wildman–Crippen MR) is 90.0 cm³/mol. The van der Waals surface area contributed by atoms with Crippen LogP contribution >= 0.6 is 39.0 Å². The average Bonchev–Trinajstić information content (AvgIpc) is 2.98. The molecule has 0 unspecified atom stereocenters. The fourth-order valence-electron chi connectivity index (χ4n) is 2.40. The summed E-state index contributed by atoms with van der Waals surface area (Å²) in [5.74, 6) is -0.0333. The zero-order valence-electron chi connectivity index (χ0n) is 10.9. The Morgan fingerprint density at radius 1 is 1.30 bits per heavy atom. The number of rotatable bonds is 2. The number of amidine groups is 1. The predicted octanol–water partition coefficient (Wildman–Crippen LogP) is 4.40. The van der Waals surface area contributed by atoms with Crippen molar-refractivity contribution in [2.24, 2.45) is 4.99 Å². The highest BCUT2D eigenvalue weighted by molar-refractivity contribution is 9.11. The summed E-state index contributed by atoms with van der Waals surface area (Å²) >= 11 is 6.51. The van der Waals surface area contributed by atoms with E-state index in [1.807, 2.05) is 18.2 Å². The van der Waals surface area contributed by atoms with Crippen molar-refractivity contribution in [3.8, 4) is 0 Å². The van der Waals surface area contributed by atoms with Crippen molar-refractivity contribution in [3.63, 3.8) is 0 Å². The van der Waals surface area contributed by atoms with E-state index in [1.54, 1.807) is 11.3 Å². The van der Waals surface area contributed by atoms with Gasteiger partial charge in [0.1, 0.15) is 0 Å². The van der Waals surface area contributed by atoms with E-state index in [2.05, 4.69) is 26.2 Å². The molecule has 0 atom stereocenters. The third-order valence-electron chi connectivity index (χ3n) is 3.39. The summed E-state index contributed by atoms with van der Waals surface area (Å²) in [5.41, 5.74) is 0. The van der Waals surface area contributed by atoms with E-state index < -0.39 is 0 Å². The monoisotopic (exact) mass is 370 g/mol. The van der Waals surface area contributed by atoms with Gasteiger partial charge >= 0.3 is 0 Å². The highest BCUT2D eigenvalue weighted by atomic mass is 79.9. The van der Waals surface area contributed by atoms with E-state index in [1.165, 1.54) is 31.0 Å². The number of nitrogens with one attached hydrogen (secondary N) is 1. The summed E-state index contributed by atoms with van der Waals surface area (Å²) in [5, 5.41) is 3.64. The molecule has 0 radical (unpaired) electrons. The molecule has 2 aliphatic rings. The van der Waals surface area contributed by atoms with Gasteiger partial charge in [0.05, 0.1) is 14.7 Å². The number of hydrogen-bond donors (Lipinski definition) is 1. The van der Waals surface area contributed by atoms with Crippen molar-refractivity contribution in [3.05, 3.63) is 25.7 Å². The van der Waals surface area contributed by atoms with Gasteiger partial charge in [-0.3, -0.25) is 9.79 Å². The largest absolute Gasteiger partial charge is 0.301 e. The normalized spacial score (nSPS) is 24.6. The van der Waals surface area contributed by atoms with Crippen LogP contribution in [-0.2, 0) is 4.79 Å². The maximum atomic E-state index is 11.9. The summed E-state index contributed by atoms with van der Waals surface area (Å²) in [6, 6.07) is 4.39. The summed E-state index contributed by atoms with van der Waals surface area (Å²) in [4.78, 5) is 18.4. The summed E-state index contributed by atoms with van der Waals surface area (Å²) in [6.07, 6.45) is 8.06. The molecule has 0 aromatic carbocycles. The molecule has 3 rings (SSSR count). The molecule has 1 saturated carbocycles. The Bertz CT molecular complexity index is 573. The Morgan fingerprint density at radius 3 is 2.80 bits per heavy atom. The molecule has 0 bridgehead atoms. The smallest absolute Gasteiger partial charge is 0.264 e. The average molecular weight is 371 g/mol. The van der Waals surface area contributed by atoms with Crippen LogP contribution in [0.4, 0.5) is 0 Å². The van der Waals surface area contributed by atoms with Gasteiger partial charge in [-0.05, 0) is 58.7 Å². The number of thioether (sulfide) groups is 1. The SMILES string of the molecule is O=C1NC(=NC2CCCCC2)SC1=Cc1ccc(Br)s1. The topological polar surface area (TPSA) is 41.5 Å². The number of halogens is 1. The molecule has 0 spiro atoms. The third kappa shape index (κ3) is 3.54. The number of hydrogen-bond acceptors (Lipinski definition) is 4. The molecule has 1 aliphatic heterocycles. The highest BCUT2D eigenvalue weighted by Gasteiger charge is 2.25. The Morgan fingerprint density at radius 2 is 2.10 bits per heavy atom. The Balaban J connectivity index is 1.71. The van der Waals surface area contributed by atoms with Crippen LogP contribution in [0.2, 0.25) is 0 Å². The zero-order valence-corrected chi connectivity index (χ0v) is 14.1. The molecule has 20 heavy (non-hydrogen) atoms. The first-order valence-corrected chi connectivity index (χ1v) is 9.17. The molecule has 1 aromatic heterocycles. The van der Waals surface area contributed by atoms with Crippen LogP contribution < -0.4 is 5.32 Å². The van der Waals surface area contributed by atoms with Crippen molar-refractivity contribution < 1.29 is 4.79 Å². The van der Waals surface area contributed by atoms with E-state index in [4.69, 9.17) is 0 Å². The maximum absolute atomic E-state index is 11.9. The number of carbonyl (C=O) groups excluding carboxylic acids is 1. The van der Waals surface area contributed by atoms with Crippen LogP contribution in [0.3, 0.4) is 0 Å². The van der Waals surface area contributed by atoms with Crippen LogP contribution in [0.5, 0.6) is 0 Å². The molecule has 1 aliphatic carbocycles. The fraction of sp³-hybridized carbons (Fsp3) is 0.429. The Hall–Kier alpha value is -0.590. The van der Waals surface area contributed by atoms with Crippen LogP contribution in [0.25, 0.3) is 6.08 Å². The lowest BCUT2D eigenvalue weighted by Gasteiger charge is -2.17. The van der Waals surface area contributed by atoms with Crippen LogP contribution in [-0.4, -0.2) is 17.1 Å². The molecule has 1 saturated heterocycles. The van der Waals surface area contributed by atoms with Gasteiger partial charge in [0.2, 0.25) is 0 Å². The van der Waals surface area contributed by atoms with Gasteiger partial charge < -0.3 is 5.32 Å². The van der Waals surface area contributed by atoms with Crippen LogP contribution in [0.15, 0.2) is 25.8 Å². The first kappa shape index (κ1) is 14.4. The van der Waals surface area contributed by atoms with Gasteiger partial charge in [-0.2, -0.15) is 0 Å². The van der Waals surface area contributed by atoms with E-state index in [0.29, 0.717) is 6.04 Å². The molecule has 1 N–H and O–H groups in total. The number of amides is 1. The first-order chi connectivity index (χ1) is 9.70. The number of aliphatic imine (C=N–C) groups is 1. The van der Waals surface area contributed by atoms with E-state index in [0.717, 1.165) is 31.6 Å². The van der Waals surface area contributed by atoms with Gasteiger partial charge in [-0.15, -0.1) is 11.3 Å². The second kappa shape index (κ2) is 6.45. The van der Waals surface area contributed by atoms with Crippen molar-refractivity contribution in [2.75, 3.05) is 0 Å². The van der Waals surface area contributed by atoms with Gasteiger partial charge in [-0.25, -0.2) is 0 Å². The minimum atomic E-state index is -0.0333. The number of thiophene rings is 1. The van der Waals surface area contributed by atoms with Crippen molar-refractivity contribution in [1.82, 2.24) is 5.32 Å². The van der Waals surface area contributed by atoms with Crippen molar-refractivity contribution in [1.29, 1.82) is 0 Å². The highest BCUT2D eigenvalue weighted by Crippen LogP contribution is 2.31. The van der Waals surface area contributed by atoms with Crippen LogP contribution in [0.1, 0.15) is 37.0 Å². The zero-order chi connectivity index (χ0) is 13.9. The standard InChI is InChI=1S/C14H15BrN2OS2/c15-12-7-6-10(19-12)8-11-13(18)17-14(20-11)16-9-4-2-1-3-5-9/h6-9H,1-5H2,(H,16,17,18). The lowest BCUT2D eigenvalue weighted by Crippen LogP contribution is -2.22. The Labute approximate surface area is 135 Å². The lowest BCUT2D eigenvalue weighted by molar-refractivity contribution is -0.115. The summed E-state index contributed by atoms with van der Waals surface area (Å²) < 4.78 is 1.07. The molecule has 1 amide bonds. The van der Waals surface area contributed by atoms with E-state index in [9.17, 15) is 4.79 Å². The van der Waals surface area contributed by atoms with Gasteiger partial charge in [0.15, 0.2) is 5.17 Å². The molecular formula is C14H15BrN2OS2. The molecule has 1 aromatic rings. The number of carbonyl (C=O) groups is 1. The van der Waals surface area contributed by atoms with Crippen LogP contribution in [0, 0.1) is 0 Å². The van der Waals surface area contributed by atoms with Crippen molar-refractivity contribution >= 4 is 56.2 Å². The van der Waals surface area contributed by atoms with Gasteiger partial charge in [0.25, 0.3) is 5.91 Å². The first-order valence-electron chi connectivity index (χ1n) is 6.75. The quantitative estimate of drug-likeness (QED) is 0.783. The lowest BCUT2D eigenvalue weighted by atomic mass is 9.96. The van der Waals surface area contributed by atoms with Gasteiger partial charge in [-0.1, -0.05) is 19.3 Å². The van der Waals surface area contributed by atoms with E-state index in [-0.39, 0.29) is 5.91 Å². The molecular weight excluding hydrogens is 356 g/mol. The maximum Gasteiger partial charge on any atom is 0.264 e. The molecule has 3 nitrogen and oxygen atoms in total. The minimum absolute atomic E-state index is 0.0333.